The SMILES string of the molecule is CC1(C)CCC[C@@]2(C)[C@H](CC/C(=C\C(=O)O)CO)[C@@H](O)C=C[C@H]12. The quantitative estimate of drug-likeness (QED) is 0.537. The van der Waals surface area contributed by atoms with Gasteiger partial charge in [0.05, 0.1) is 12.7 Å². The summed E-state index contributed by atoms with van der Waals surface area (Å²) in [4.78, 5) is 10.8. The van der Waals surface area contributed by atoms with E-state index in [2.05, 4.69) is 26.8 Å². The summed E-state index contributed by atoms with van der Waals surface area (Å²) in [5.41, 5.74) is 0.771. The molecule has 0 aliphatic heterocycles. The Morgan fingerprint density at radius 1 is 1.26 bits per heavy atom. The molecular formula is C19H30O4. The van der Waals surface area contributed by atoms with Crippen LogP contribution in [0.15, 0.2) is 23.8 Å². The molecule has 4 heteroatoms. The van der Waals surface area contributed by atoms with E-state index in [0.717, 1.165) is 18.9 Å². The van der Waals surface area contributed by atoms with Gasteiger partial charge in [-0.1, -0.05) is 39.3 Å². The van der Waals surface area contributed by atoms with Crippen LogP contribution in [0.25, 0.3) is 0 Å². The number of aliphatic carboxylic acids is 1. The van der Waals surface area contributed by atoms with Gasteiger partial charge in [-0.05, 0) is 53.9 Å². The predicted octanol–water partition coefficient (Wildman–Crippen LogP) is 3.15. The molecule has 0 spiro atoms. The van der Waals surface area contributed by atoms with Gasteiger partial charge in [0, 0.05) is 6.08 Å². The van der Waals surface area contributed by atoms with E-state index < -0.39 is 12.1 Å². The van der Waals surface area contributed by atoms with Crippen molar-refractivity contribution in [2.45, 2.75) is 59.0 Å². The van der Waals surface area contributed by atoms with Crippen molar-refractivity contribution in [1.82, 2.24) is 0 Å². The zero-order valence-corrected chi connectivity index (χ0v) is 14.5. The first kappa shape index (κ1) is 18.2. The van der Waals surface area contributed by atoms with Crippen LogP contribution in [-0.4, -0.2) is 34.0 Å². The number of aliphatic hydroxyl groups excluding tert-OH is 2. The van der Waals surface area contributed by atoms with Gasteiger partial charge in [0.15, 0.2) is 0 Å². The van der Waals surface area contributed by atoms with Gasteiger partial charge in [0.2, 0.25) is 0 Å². The third-order valence-electron chi connectivity index (χ3n) is 6.16. The monoisotopic (exact) mass is 322 g/mol. The Morgan fingerprint density at radius 3 is 2.57 bits per heavy atom. The van der Waals surface area contributed by atoms with Gasteiger partial charge in [-0.25, -0.2) is 4.79 Å². The molecule has 23 heavy (non-hydrogen) atoms. The molecule has 2 aliphatic rings. The molecule has 130 valence electrons. The molecule has 0 bridgehead atoms. The smallest absolute Gasteiger partial charge is 0.328 e. The number of carboxylic acid groups (broad SMARTS) is 1. The molecule has 2 aliphatic carbocycles. The summed E-state index contributed by atoms with van der Waals surface area (Å²) < 4.78 is 0. The van der Waals surface area contributed by atoms with Crippen LogP contribution < -0.4 is 0 Å². The van der Waals surface area contributed by atoms with E-state index in [9.17, 15) is 15.0 Å². The lowest BCUT2D eigenvalue weighted by Gasteiger charge is -2.56. The lowest BCUT2D eigenvalue weighted by Crippen LogP contribution is -2.51. The van der Waals surface area contributed by atoms with E-state index in [1.54, 1.807) is 0 Å². The van der Waals surface area contributed by atoms with E-state index >= 15 is 0 Å². The lowest BCUT2D eigenvalue weighted by atomic mass is 9.49. The highest BCUT2D eigenvalue weighted by Crippen LogP contribution is 2.58. The highest BCUT2D eigenvalue weighted by molar-refractivity contribution is 5.80. The Kier molecular flexibility index (Phi) is 5.37. The van der Waals surface area contributed by atoms with Gasteiger partial charge in [-0.3, -0.25) is 0 Å². The number of hydrogen-bond donors (Lipinski definition) is 3. The highest BCUT2D eigenvalue weighted by atomic mass is 16.4. The average molecular weight is 322 g/mol. The Bertz CT molecular complexity index is 505. The third-order valence-corrected chi connectivity index (χ3v) is 6.16. The predicted molar refractivity (Wildman–Crippen MR) is 89.9 cm³/mol. The van der Waals surface area contributed by atoms with Crippen LogP contribution in [-0.2, 0) is 4.79 Å². The maximum Gasteiger partial charge on any atom is 0.328 e. The first-order chi connectivity index (χ1) is 10.7. The fourth-order valence-corrected chi connectivity index (χ4v) is 4.99. The summed E-state index contributed by atoms with van der Waals surface area (Å²) in [6, 6.07) is 0. The molecular weight excluding hydrogens is 292 g/mol. The molecule has 0 aromatic carbocycles. The second kappa shape index (κ2) is 6.78. The molecule has 0 heterocycles. The fourth-order valence-electron chi connectivity index (χ4n) is 4.99. The minimum atomic E-state index is -1.03. The maximum absolute atomic E-state index is 10.8. The molecule has 0 aromatic heterocycles. The van der Waals surface area contributed by atoms with Crippen LogP contribution in [0.4, 0.5) is 0 Å². The van der Waals surface area contributed by atoms with Crippen molar-refractivity contribution in [3.05, 3.63) is 23.8 Å². The lowest BCUT2D eigenvalue weighted by molar-refractivity contribution is -0.131. The highest BCUT2D eigenvalue weighted by Gasteiger charge is 2.52. The van der Waals surface area contributed by atoms with Crippen molar-refractivity contribution in [3.63, 3.8) is 0 Å². The molecule has 2 rings (SSSR count). The second-order valence-electron chi connectivity index (χ2n) is 8.15. The Morgan fingerprint density at radius 2 is 1.96 bits per heavy atom. The largest absolute Gasteiger partial charge is 0.478 e. The normalized spacial score (nSPS) is 36.6. The third kappa shape index (κ3) is 3.69. The Hall–Kier alpha value is -1.13. The molecule has 0 aromatic rings. The summed E-state index contributed by atoms with van der Waals surface area (Å²) >= 11 is 0. The van der Waals surface area contributed by atoms with Gasteiger partial charge in [-0.2, -0.15) is 0 Å². The van der Waals surface area contributed by atoms with Crippen molar-refractivity contribution in [3.8, 4) is 0 Å². The van der Waals surface area contributed by atoms with Crippen molar-refractivity contribution in [2.24, 2.45) is 22.7 Å². The van der Waals surface area contributed by atoms with Crippen LogP contribution >= 0.6 is 0 Å². The van der Waals surface area contributed by atoms with Crippen molar-refractivity contribution in [1.29, 1.82) is 0 Å². The number of fused-ring (bicyclic) bond motifs is 1. The van der Waals surface area contributed by atoms with E-state index in [1.807, 2.05) is 6.08 Å². The minimum absolute atomic E-state index is 0.0275. The molecule has 0 saturated heterocycles. The first-order valence-corrected chi connectivity index (χ1v) is 8.60. The van der Waals surface area contributed by atoms with Crippen LogP contribution in [0.5, 0.6) is 0 Å². The Labute approximate surface area is 138 Å². The number of hydrogen-bond acceptors (Lipinski definition) is 3. The number of carboxylic acids is 1. The summed E-state index contributed by atoms with van der Waals surface area (Å²) in [6.45, 7) is 6.64. The van der Waals surface area contributed by atoms with E-state index in [0.29, 0.717) is 24.3 Å². The van der Waals surface area contributed by atoms with Crippen LogP contribution in [0.1, 0.15) is 52.9 Å². The molecule has 3 N–H and O–H groups in total. The zero-order valence-electron chi connectivity index (χ0n) is 14.5. The number of allylic oxidation sites excluding steroid dienone is 1. The van der Waals surface area contributed by atoms with Gasteiger partial charge < -0.3 is 15.3 Å². The van der Waals surface area contributed by atoms with Crippen molar-refractivity contribution >= 4 is 5.97 Å². The molecule has 0 radical (unpaired) electrons. The van der Waals surface area contributed by atoms with E-state index in [1.165, 1.54) is 6.42 Å². The number of rotatable bonds is 5. The van der Waals surface area contributed by atoms with Gasteiger partial charge in [0.25, 0.3) is 0 Å². The van der Waals surface area contributed by atoms with Crippen molar-refractivity contribution in [2.75, 3.05) is 6.61 Å². The molecule has 4 nitrogen and oxygen atoms in total. The van der Waals surface area contributed by atoms with Crippen LogP contribution in [0.2, 0.25) is 0 Å². The molecule has 4 atom stereocenters. The average Bonchev–Trinajstić information content (AvgIpc) is 2.43. The molecule has 0 unspecified atom stereocenters. The number of carbonyl (C=O) groups is 1. The summed E-state index contributed by atoms with van der Waals surface area (Å²) in [7, 11) is 0. The second-order valence-corrected chi connectivity index (χ2v) is 8.15. The minimum Gasteiger partial charge on any atom is -0.478 e. The zero-order chi connectivity index (χ0) is 17.3. The van der Waals surface area contributed by atoms with E-state index in [-0.39, 0.29) is 23.4 Å². The maximum atomic E-state index is 10.8. The van der Waals surface area contributed by atoms with Gasteiger partial charge >= 0.3 is 5.97 Å². The van der Waals surface area contributed by atoms with Gasteiger partial charge in [0.1, 0.15) is 0 Å². The summed E-state index contributed by atoms with van der Waals surface area (Å²) in [5.74, 6) is -0.500. The standard InChI is InChI=1S/C19H30O4/c1-18(2)9-4-10-19(3)14(15(21)7-8-16(18)19)6-5-13(12-20)11-17(22)23/h7-8,11,14-16,20-21H,4-6,9-10,12H2,1-3H3,(H,22,23)/b13-11+/t14-,15+,16-,19+/m1/s1. The van der Waals surface area contributed by atoms with Crippen LogP contribution in [0, 0.1) is 22.7 Å². The Balaban J connectivity index is 2.20. The first-order valence-electron chi connectivity index (χ1n) is 8.60. The summed E-state index contributed by atoms with van der Waals surface area (Å²) in [5, 5.41) is 28.7. The fraction of sp³-hybridized carbons (Fsp3) is 0.737. The molecule has 1 saturated carbocycles. The molecule has 0 amide bonds. The summed E-state index contributed by atoms with van der Waals surface area (Å²) in [6.07, 6.45) is 9.38. The van der Waals surface area contributed by atoms with Crippen LogP contribution in [0.3, 0.4) is 0 Å². The van der Waals surface area contributed by atoms with Gasteiger partial charge in [-0.15, -0.1) is 0 Å². The molecule has 1 fully saturated rings. The number of aliphatic hydroxyl groups is 2. The van der Waals surface area contributed by atoms with E-state index in [4.69, 9.17) is 5.11 Å². The van der Waals surface area contributed by atoms with Crippen molar-refractivity contribution < 1.29 is 20.1 Å². The topological polar surface area (TPSA) is 77.8 Å².